The van der Waals surface area contributed by atoms with Gasteiger partial charge in [0.2, 0.25) is 0 Å². The maximum Gasteiger partial charge on any atom is 0.410 e. The smallest absolute Gasteiger partial charge is 0.410 e. The molecule has 2 rings (SSSR count). The zero-order valence-corrected chi connectivity index (χ0v) is 13.9. The van der Waals surface area contributed by atoms with Crippen LogP contribution in [0.1, 0.15) is 39.3 Å². The summed E-state index contributed by atoms with van der Waals surface area (Å²) in [6, 6.07) is 0. The minimum absolute atomic E-state index is 0.186. The van der Waals surface area contributed by atoms with Gasteiger partial charge in [-0.1, -0.05) is 0 Å². The number of piperidine rings is 1. The molecule has 1 aliphatic heterocycles. The Labute approximate surface area is 132 Å². The maximum absolute atomic E-state index is 12.1. The number of ether oxygens (including phenoxy) is 1. The molecule has 0 aliphatic carbocycles. The van der Waals surface area contributed by atoms with Crippen LogP contribution in [0.3, 0.4) is 0 Å². The van der Waals surface area contributed by atoms with Crippen LogP contribution in [-0.4, -0.2) is 52.7 Å². The number of nitrogens with zero attached hydrogens (tertiary/aromatic N) is 2. The van der Waals surface area contributed by atoms with Crippen molar-refractivity contribution >= 4 is 6.09 Å². The number of likely N-dealkylation sites (tertiary alicyclic amines) is 1. The number of aromatic nitrogens is 2. The molecule has 2 N–H and O–H groups in total. The summed E-state index contributed by atoms with van der Waals surface area (Å²) < 4.78 is 5.46. The van der Waals surface area contributed by atoms with E-state index < -0.39 is 5.60 Å². The first kappa shape index (κ1) is 16.8. The van der Waals surface area contributed by atoms with Crippen molar-refractivity contribution in [1.29, 1.82) is 0 Å². The molecule has 0 bridgehead atoms. The van der Waals surface area contributed by atoms with Crippen molar-refractivity contribution in [2.75, 3.05) is 26.2 Å². The Kier molecular flexibility index (Phi) is 5.83. The summed E-state index contributed by atoms with van der Waals surface area (Å²) in [7, 11) is 0. The number of carbonyl (C=O) groups is 1. The molecule has 1 amide bonds. The van der Waals surface area contributed by atoms with Gasteiger partial charge in [0, 0.05) is 37.9 Å². The van der Waals surface area contributed by atoms with Crippen LogP contribution in [0.2, 0.25) is 0 Å². The number of hydrogen-bond acceptors (Lipinski definition) is 4. The predicted octanol–water partition coefficient (Wildman–Crippen LogP) is 2.19. The Morgan fingerprint density at radius 1 is 1.55 bits per heavy atom. The van der Waals surface area contributed by atoms with E-state index in [1.165, 1.54) is 0 Å². The van der Waals surface area contributed by atoms with Gasteiger partial charge in [0.25, 0.3) is 0 Å². The molecule has 1 aromatic rings. The second kappa shape index (κ2) is 7.63. The van der Waals surface area contributed by atoms with Crippen LogP contribution in [0.4, 0.5) is 4.79 Å². The lowest BCUT2D eigenvalue weighted by molar-refractivity contribution is 0.0166. The van der Waals surface area contributed by atoms with E-state index >= 15 is 0 Å². The number of amides is 1. The number of carbonyl (C=O) groups excluding carboxylic acids is 1. The average molecular weight is 308 g/mol. The van der Waals surface area contributed by atoms with Gasteiger partial charge in [-0.25, -0.2) is 9.78 Å². The van der Waals surface area contributed by atoms with Gasteiger partial charge < -0.3 is 19.9 Å². The number of imidazole rings is 1. The first-order chi connectivity index (χ1) is 10.4. The topological polar surface area (TPSA) is 70.2 Å². The van der Waals surface area contributed by atoms with E-state index in [0.717, 1.165) is 51.1 Å². The van der Waals surface area contributed by atoms with Crippen molar-refractivity contribution in [1.82, 2.24) is 20.2 Å². The van der Waals surface area contributed by atoms with Crippen molar-refractivity contribution in [3.8, 4) is 0 Å². The fraction of sp³-hybridized carbons (Fsp3) is 0.750. The predicted molar refractivity (Wildman–Crippen MR) is 85.7 cm³/mol. The fourth-order valence-corrected chi connectivity index (χ4v) is 2.67. The SMILES string of the molecule is CC(C)(C)OC(=O)N1CCCC(CNCCc2cnc[nH]2)C1. The molecule has 2 heterocycles. The minimum atomic E-state index is -0.424. The Balaban J connectivity index is 1.68. The molecular formula is C16H28N4O2. The molecule has 1 saturated heterocycles. The summed E-state index contributed by atoms with van der Waals surface area (Å²) >= 11 is 0. The lowest BCUT2D eigenvalue weighted by atomic mass is 9.98. The zero-order valence-electron chi connectivity index (χ0n) is 13.9. The Morgan fingerprint density at radius 3 is 3.05 bits per heavy atom. The summed E-state index contributed by atoms with van der Waals surface area (Å²) in [6.45, 7) is 9.17. The van der Waals surface area contributed by atoms with Crippen LogP contribution in [0, 0.1) is 5.92 Å². The van der Waals surface area contributed by atoms with Crippen molar-refractivity contribution in [2.24, 2.45) is 5.92 Å². The normalized spacial score (nSPS) is 19.2. The molecular weight excluding hydrogens is 280 g/mol. The van der Waals surface area contributed by atoms with Gasteiger partial charge in [0.1, 0.15) is 5.60 Å². The molecule has 1 aromatic heterocycles. The number of H-pyrrole nitrogens is 1. The van der Waals surface area contributed by atoms with E-state index in [2.05, 4.69) is 15.3 Å². The van der Waals surface area contributed by atoms with Crippen molar-refractivity contribution in [2.45, 2.75) is 45.6 Å². The van der Waals surface area contributed by atoms with Gasteiger partial charge in [-0.3, -0.25) is 0 Å². The molecule has 124 valence electrons. The minimum Gasteiger partial charge on any atom is -0.444 e. The molecule has 1 unspecified atom stereocenters. The monoisotopic (exact) mass is 308 g/mol. The summed E-state index contributed by atoms with van der Waals surface area (Å²) in [4.78, 5) is 21.1. The summed E-state index contributed by atoms with van der Waals surface area (Å²) in [5.74, 6) is 0.503. The number of nitrogens with one attached hydrogen (secondary N) is 2. The van der Waals surface area contributed by atoms with E-state index in [0.29, 0.717) is 5.92 Å². The number of hydrogen-bond donors (Lipinski definition) is 2. The molecule has 6 nitrogen and oxygen atoms in total. The van der Waals surface area contributed by atoms with E-state index in [1.807, 2.05) is 31.9 Å². The number of rotatable bonds is 5. The highest BCUT2D eigenvalue weighted by molar-refractivity contribution is 5.68. The first-order valence-electron chi connectivity index (χ1n) is 8.10. The lowest BCUT2D eigenvalue weighted by Crippen LogP contribution is -2.45. The zero-order chi connectivity index (χ0) is 16.0. The Hall–Kier alpha value is -1.56. The molecule has 0 spiro atoms. The van der Waals surface area contributed by atoms with Crippen LogP contribution >= 0.6 is 0 Å². The third-order valence-electron chi connectivity index (χ3n) is 3.73. The first-order valence-corrected chi connectivity index (χ1v) is 8.10. The highest BCUT2D eigenvalue weighted by Crippen LogP contribution is 2.18. The number of aromatic amines is 1. The molecule has 1 atom stereocenters. The molecule has 6 heteroatoms. The Morgan fingerprint density at radius 2 is 2.36 bits per heavy atom. The van der Waals surface area contributed by atoms with Crippen molar-refractivity contribution in [3.05, 3.63) is 18.2 Å². The van der Waals surface area contributed by atoms with Crippen molar-refractivity contribution < 1.29 is 9.53 Å². The van der Waals surface area contributed by atoms with Gasteiger partial charge in [-0.05, 0) is 46.1 Å². The van der Waals surface area contributed by atoms with Gasteiger partial charge in [0.15, 0.2) is 0 Å². The Bertz CT molecular complexity index is 453. The third-order valence-corrected chi connectivity index (χ3v) is 3.73. The second-order valence-electron chi connectivity index (χ2n) is 6.97. The van der Waals surface area contributed by atoms with Gasteiger partial charge in [0.05, 0.1) is 6.33 Å². The van der Waals surface area contributed by atoms with Crippen molar-refractivity contribution in [3.63, 3.8) is 0 Å². The van der Waals surface area contributed by atoms with Crippen LogP contribution in [-0.2, 0) is 11.2 Å². The van der Waals surface area contributed by atoms with E-state index in [9.17, 15) is 4.79 Å². The van der Waals surface area contributed by atoms with E-state index in [4.69, 9.17) is 4.74 Å². The van der Waals surface area contributed by atoms with E-state index in [-0.39, 0.29) is 6.09 Å². The van der Waals surface area contributed by atoms with Crippen LogP contribution in [0.25, 0.3) is 0 Å². The molecule has 0 radical (unpaired) electrons. The quantitative estimate of drug-likeness (QED) is 0.818. The third kappa shape index (κ3) is 5.67. The van der Waals surface area contributed by atoms with Gasteiger partial charge >= 0.3 is 6.09 Å². The molecule has 0 aromatic carbocycles. The molecule has 22 heavy (non-hydrogen) atoms. The van der Waals surface area contributed by atoms with Gasteiger partial charge in [-0.15, -0.1) is 0 Å². The fourth-order valence-electron chi connectivity index (χ4n) is 2.67. The summed E-state index contributed by atoms with van der Waals surface area (Å²) in [5.41, 5.74) is 0.721. The largest absolute Gasteiger partial charge is 0.444 e. The van der Waals surface area contributed by atoms with Crippen LogP contribution in [0.5, 0.6) is 0 Å². The van der Waals surface area contributed by atoms with Crippen LogP contribution in [0.15, 0.2) is 12.5 Å². The molecule has 0 saturated carbocycles. The van der Waals surface area contributed by atoms with Crippen LogP contribution < -0.4 is 5.32 Å². The van der Waals surface area contributed by atoms with E-state index in [1.54, 1.807) is 6.33 Å². The van der Waals surface area contributed by atoms with Gasteiger partial charge in [-0.2, -0.15) is 0 Å². The maximum atomic E-state index is 12.1. The summed E-state index contributed by atoms with van der Waals surface area (Å²) in [5, 5.41) is 3.47. The standard InChI is InChI=1S/C16H28N4O2/c1-16(2,3)22-15(21)20-8-4-5-13(11-20)9-17-7-6-14-10-18-12-19-14/h10,12-13,17H,4-9,11H2,1-3H3,(H,18,19). The lowest BCUT2D eigenvalue weighted by Gasteiger charge is -2.34. The average Bonchev–Trinajstić information content (AvgIpc) is 2.95. The highest BCUT2D eigenvalue weighted by atomic mass is 16.6. The second-order valence-corrected chi connectivity index (χ2v) is 6.97. The highest BCUT2D eigenvalue weighted by Gasteiger charge is 2.27. The molecule has 1 aliphatic rings. The summed E-state index contributed by atoms with van der Waals surface area (Å²) in [6.07, 6.45) is 6.53. The molecule has 1 fully saturated rings.